The van der Waals surface area contributed by atoms with Crippen LogP contribution in [0.15, 0.2) is 48.5 Å². The van der Waals surface area contributed by atoms with Gasteiger partial charge in [-0.2, -0.15) is 0 Å². The second-order valence-electron chi connectivity index (χ2n) is 8.58. The molecule has 2 N–H and O–H groups in total. The fourth-order valence-electron chi connectivity index (χ4n) is 3.84. The normalized spacial score (nSPS) is 13.9. The molecule has 1 saturated heterocycles. The van der Waals surface area contributed by atoms with Gasteiger partial charge in [0.15, 0.2) is 0 Å². The number of carbonyl (C=O) groups excluding carboxylic acids is 3. The molecule has 1 aromatic heterocycles. The summed E-state index contributed by atoms with van der Waals surface area (Å²) in [4.78, 5) is 39.2. The van der Waals surface area contributed by atoms with Crippen LogP contribution in [0.3, 0.4) is 0 Å². The van der Waals surface area contributed by atoms with Crippen molar-refractivity contribution in [2.24, 2.45) is 5.92 Å². The molecule has 2 aromatic carbocycles. The quantitative estimate of drug-likeness (QED) is 0.519. The fourth-order valence-corrected chi connectivity index (χ4v) is 4.54. The van der Waals surface area contributed by atoms with Crippen molar-refractivity contribution in [3.05, 3.63) is 75.5 Å². The summed E-state index contributed by atoms with van der Waals surface area (Å²) in [6.45, 7) is 3.57. The van der Waals surface area contributed by atoms with E-state index in [0.717, 1.165) is 29.7 Å². The molecular formula is C25H26FN5O3S. The van der Waals surface area contributed by atoms with Crippen LogP contribution in [-0.4, -0.2) is 45.9 Å². The Morgan fingerprint density at radius 2 is 1.66 bits per heavy atom. The summed E-state index contributed by atoms with van der Waals surface area (Å²) in [5.41, 5.74) is 2.66. The first-order chi connectivity index (χ1) is 16.9. The average molecular weight is 496 g/mol. The molecule has 0 bridgehead atoms. The van der Waals surface area contributed by atoms with E-state index in [1.807, 2.05) is 31.2 Å². The van der Waals surface area contributed by atoms with Gasteiger partial charge < -0.3 is 15.5 Å². The Kier molecular flexibility index (Phi) is 7.81. The van der Waals surface area contributed by atoms with Crippen molar-refractivity contribution in [3.8, 4) is 0 Å². The van der Waals surface area contributed by atoms with Crippen molar-refractivity contribution in [2.45, 2.75) is 32.7 Å². The monoisotopic (exact) mass is 495 g/mol. The highest BCUT2D eigenvalue weighted by molar-refractivity contribution is 7.15. The van der Waals surface area contributed by atoms with Crippen LogP contribution in [0.4, 0.5) is 10.1 Å². The number of anilines is 1. The third-order valence-electron chi connectivity index (χ3n) is 5.89. The van der Waals surface area contributed by atoms with Gasteiger partial charge in [0.25, 0.3) is 11.8 Å². The number of piperidine rings is 1. The third kappa shape index (κ3) is 6.69. The molecule has 8 nitrogen and oxygen atoms in total. The Morgan fingerprint density at radius 3 is 2.34 bits per heavy atom. The highest BCUT2D eigenvalue weighted by atomic mass is 32.1. The van der Waals surface area contributed by atoms with Gasteiger partial charge in [0.2, 0.25) is 15.9 Å². The Bertz CT molecular complexity index is 1190. The van der Waals surface area contributed by atoms with Crippen LogP contribution in [0.1, 0.15) is 50.0 Å². The first-order valence-electron chi connectivity index (χ1n) is 11.4. The molecule has 0 aliphatic carbocycles. The van der Waals surface area contributed by atoms with E-state index in [9.17, 15) is 18.8 Å². The average Bonchev–Trinajstić information content (AvgIpc) is 3.36. The van der Waals surface area contributed by atoms with Gasteiger partial charge in [0, 0.05) is 31.7 Å². The molecule has 3 aromatic rings. The first kappa shape index (κ1) is 24.5. The van der Waals surface area contributed by atoms with Crippen LogP contribution in [0, 0.1) is 18.7 Å². The number of hydrogen-bond donors (Lipinski definition) is 2. The predicted octanol–water partition coefficient (Wildman–Crippen LogP) is 3.80. The van der Waals surface area contributed by atoms with Gasteiger partial charge in [-0.05, 0) is 55.5 Å². The highest BCUT2D eigenvalue weighted by Gasteiger charge is 2.28. The number of carbonyl (C=O) groups is 3. The highest BCUT2D eigenvalue weighted by Crippen LogP contribution is 2.23. The van der Waals surface area contributed by atoms with Crippen molar-refractivity contribution in [2.75, 3.05) is 18.4 Å². The van der Waals surface area contributed by atoms with Gasteiger partial charge in [-0.25, -0.2) is 4.39 Å². The lowest BCUT2D eigenvalue weighted by Crippen LogP contribution is -2.39. The zero-order chi connectivity index (χ0) is 24.8. The molecule has 35 heavy (non-hydrogen) atoms. The number of aromatic nitrogens is 2. The molecule has 0 atom stereocenters. The Balaban J connectivity index is 1.22. The lowest BCUT2D eigenvalue weighted by Gasteiger charge is -2.31. The number of rotatable bonds is 7. The molecule has 2 heterocycles. The lowest BCUT2D eigenvalue weighted by atomic mass is 9.93. The summed E-state index contributed by atoms with van der Waals surface area (Å²) in [7, 11) is 0. The second-order valence-corrected chi connectivity index (χ2v) is 9.55. The third-order valence-corrected chi connectivity index (χ3v) is 6.80. The number of nitrogens with zero attached hydrogens (tertiary/aromatic N) is 3. The maximum Gasteiger partial charge on any atom is 0.286 e. The summed E-state index contributed by atoms with van der Waals surface area (Å²) >= 11 is 0.918. The molecule has 182 valence electrons. The van der Waals surface area contributed by atoms with E-state index >= 15 is 0 Å². The fraction of sp³-hybridized carbons (Fsp3) is 0.320. The molecule has 0 spiro atoms. The van der Waals surface area contributed by atoms with Gasteiger partial charge in [-0.3, -0.25) is 14.4 Å². The lowest BCUT2D eigenvalue weighted by molar-refractivity contribution is -0.122. The van der Waals surface area contributed by atoms with Gasteiger partial charge in [0.05, 0.1) is 0 Å². The summed E-state index contributed by atoms with van der Waals surface area (Å²) in [6, 6.07) is 13.4. The van der Waals surface area contributed by atoms with Crippen LogP contribution in [0.5, 0.6) is 0 Å². The number of halogens is 1. The maximum absolute atomic E-state index is 13.0. The Morgan fingerprint density at radius 1 is 1.00 bits per heavy atom. The zero-order valence-corrected chi connectivity index (χ0v) is 20.1. The van der Waals surface area contributed by atoms with Crippen LogP contribution >= 0.6 is 11.3 Å². The molecule has 3 amide bonds. The molecule has 0 radical (unpaired) electrons. The summed E-state index contributed by atoms with van der Waals surface area (Å²) in [5, 5.41) is 13.5. The smallest absolute Gasteiger partial charge is 0.286 e. The van der Waals surface area contributed by atoms with Gasteiger partial charge in [-0.15, -0.1) is 10.2 Å². The summed E-state index contributed by atoms with van der Waals surface area (Å²) in [5.74, 6) is -0.965. The maximum atomic E-state index is 13.0. The summed E-state index contributed by atoms with van der Waals surface area (Å²) in [6.07, 6.45) is 1.88. The minimum Gasteiger partial charge on any atom is -0.352 e. The van der Waals surface area contributed by atoms with Gasteiger partial charge in [-0.1, -0.05) is 41.2 Å². The van der Waals surface area contributed by atoms with Crippen LogP contribution in [0.25, 0.3) is 0 Å². The van der Waals surface area contributed by atoms with E-state index in [0.29, 0.717) is 31.7 Å². The van der Waals surface area contributed by atoms with E-state index in [-0.39, 0.29) is 27.7 Å². The van der Waals surface area contributed by atoms with Crippen molar-refractivity contribution in [1.29, 1.82) is 0 Å². The molecular weight excluding hydrogens is 469 g/mol. The topological polar surface area (TPSA) is 104 Å². The van der Waals surface area contributed by atoms with Crippen LogP contribution in [-0.2, 0) is 11.3 Å². The van der Waals surface area contributed by atoms with Crippen molar-refractivity contribution < 1.29 is 18.8 Å². The predicted molar refractivity (Wildman–Crippen MR) is 131 cm³/mol. The van der Waals surface area contributed by atoms with Crippen molar-refractivity contribution in [3.63, 3.8) is 0 Å². The number of nitrogens with one attached hydrogen (secondary N) is 2. The van der Waals surface area contributed by atoms with E-state index in [1.165, 1.54) is 29.8 Å². The molecule has 0 unspecified atom stereocenters. The minimum absolute atomic E-state index is 0.0104. The SMILES string of the molecule is Cc1ccc(CNC(=O)CC2CCN(C(=O)c3nnc(C(=O)Nc4ccc(F)cc4)s3)CC2)cc1. The van der Waals surface area contributed by atoms with Crippen LogP contribution < -0.4 is 10.6 Å². The van der Waals surface area contributed by atoms with E-state index in [2.05, 4.69) is 20.8 Å². The second kappa shape index (κ2) is 11.2. The zero-order valence-electron chi connectivity index (χ0n) is 19.3. The summed E-state index contributed by atoms with van der Waals surface area (Å²) < 4.78 is 13.0. The number of aryl methyl sites for hydroxylation is 1. The molecule has 0 saturated carbocycles. The standard InChI is InChI=1S/C25H26FN5O3S/c1-16-2-4-18(5-3-16)15-27-21(32)14-17-10-12-31(13-11-17)25(34)24-30-29-23(35-24)22(33)28-20-8-6-19(26)7-9-20/h2-9,17H,10-15H2,1H3,(H,27,32)(H,28,33). The number of amides is 3. The van der Waals surface area contributed by atoms with Gasteiger partial charge >= 0.3 is 0 Å². The molecule has 1 fully saturated rings. The number of benzene rings is 2. The van der Waals surface area contributed by atoms with Crippen LogP contribution in [0.2, 0.25) is 0 Å². The molecule has 1 aliphatic rings. The number of likely N-dealkylation sites (tertiary alicyclic amines) is 1. The van der Waals surface area contributed by atoms with E-state index in [1.54, 1.807) is 4.90 Å². The van der Waals surface area contributed by atoms with Crippen molar-refractivity contribution in [1.82, 2.24) is 20.4 Å². The van der Waals surface area contributed by atoms with E-state index < -0.39 is 11.7 Å². The minimum atomic E-state index is -0.511. The van der Waals surface area contributed by atoms with Crippen molar-refractivity contribution >= 4 is 34.7 Å². The van der Waals surface area contributed by atoms with Gasteiger partial charge in [0.1, 0.15) is 5.82 Å². The Hall–Kier alpha value is -3.66. The number of hydrogen-bond acceptors (Lipinski definition) is 6. The van der Waals surface area contributed by atoms with E-state index in [4.69, 9.17) is 0 Å². The Labute approximate surface area is 206 Å². The largest absolute Gasteiger partial charge is 0.352 e. The molecule has 10 heteroatoms. The molecule has 4 rings (SSSR count). The first-order valence-corrected chi connectivity index (χ1v) is 12.2. The molecule has 1 aliphatic heterocycles.